The van der Waals surface area contributed by atoms with Crippen LogP contribution in [-0.4, -0.2) is 28.2 Å². The molecule has 1 heterocycles. The third-order valence-corrected chi connectivity index (χ3v) is 4.32. The molecule has 3 rings (SSSR count). The van der Waals surface area contributed by atoms with Crippen molar-refractivity contribution in [2.24, 2.45) is 0 Å². The van der Waals surface area contributed by atoms with Crippen molar-refractivity contribution in [1.29, 1.82) is 0 Å². The quantitative estimate of drug-likeness (QED) is 0.601. The molecule has 2 aromatic carbocycles. The zero-order chi connectivity index (χ0) is 16.9. The highest BCUT2D eigenvalue weighted by atomic mass is 32.2. The van der Waals surface area contributed by atoms with Crippen molar-refractivity contribution in [2.75, 3.05) is 17.7 Å². The number of carbonyl (C=O) groups excluding carboxylic acids is 1. The van der Waals surface area contributed by atoms with Crippen LogP contribution >= 0.6 is 11.8 Å². The number of thioether (sulfide) groups is 1. The van der Waals surface area contributed by atoms with E-state index in [9.17, 15) is 9.59 Å². The average Bonchev–Trinajstić information content (AvgIpc) is 2.94. The zero-order valence-electron chi connectivity index (χ0n) is 13.1. The van der Waals surface area contributed by atoms with Gasteiger partial charge in [0.2, 0.25) is 5.91 Å². The van der Waals surface area contributed by atoms with Gasteiger partial charge in [-0.1, -0.05) is 0 Å². The van der Waals surface area contributed by atoms with Gasteiger partial charge in [0.25, 0.3) is 0 Å². The van der Waals surface area contributed by atoms with Crippen molar-refractivity contribution < 1.29 is 9.53 Å². The number of hydrogen-bond acceptors (Lipinski definition) is 4. The summed E-state index contributed by atoms with van der Waals surface area (Å²) >= 11 is 1.45. The van der Waals surface area contributed by atoms with Gasteiger partial charge in [-0.15, -0.1) is 11.8 Å². The summed E-state index contributed by atoms with van der Waals surface area (Å²) in [5, 5.41) is 2.82. The number of aromatic nitrogens is 2. The number of benzene rings is 2. The van der Waals surface area contributed by atoms with Crippen LogP contribution in [0.1, 0.15) is 6.92 Å². The second kappa shape index (κ2) is 7.27. The Morgan fingerprint density at radius 2 is 1.88 bits per heavy atom. The lowest BCUT2D eigenvalue weighted by Crippen LogP contribution is -2.13. The van der Waals surface area contributed by atoms with E-state index in [-0.39, 0.29) is 11.6 Å². The molecule has 0 aliphatic heterocycles. The topological polar surface area (TPSA) is 87.0 Å². The highest BCUT2D eigenvalue weighted by molar-refractivity contribution is 8.00. The molecule has 3 N–H and O–H groups in total. The Morgan fingerprint density at radius 1 is 1.12 bits per heavy atom. The second-order valence-electron chi connectivity index (χ2n) is 5.08. The van der Waals surface area contributed by atoms with Gasteiger partial charge in [-0.2, -0.15) is 0 Å². The standard InChI is InChI=1S/C17H17N3O3S/c1-2-23-12-4-6-13(7-5-12)24-10-16(21)18-11-3-8-14-15(9-11)20-17(22)19-14/h3-9H,2,10H2,1H3,(H,18,21)(H2,19,20,22). The van der Waals surface area contributed by atoms with Crippen LogP contribution in [0.5, 0.6) is 5.75 Å². The van der Waals surface area contributed by atoms with E-state index in [1.807, 2.05) is 31.2 Å². The molecule has 24 heavy (non-hydrogen) atoms. The molecule has 7 heteroatoms. The minimum absolute atomic E-state index is 0.105. The number of carbonyl (C=O) groups is 1. The number of fused-ring (bicyclic) bond motifs is 1. The Kier molecular flexibility index (Phi) is 4.90. The Hall–Kier alpha value is -2.67. The van der Waals surface area contributed by atoms with Gasteiger partial charge in [-0.05, 0) is 49.4 Å². The molecule has 0 atom stereocenters. The third kappa shape index (κ3) is 3.99. The van der Waals surface area contributed by atoms with Gasteiger partial charge in [-0.3, -0.25) is 4.79 Å². The van der Waals surface area contributed by atoms with Crippen LogP contribution in [0.25, 0.3) is 11.0 Å². The summed E-state index contributed by atoms with van der Waals surface area (Å²) < 4.78 is 5.39. The summed E-state index contributed by atoms with van der Waals surface area (Å²) in [5.41, 5.74) is 1.76. The minimum Gasteiger partial charge on any atom is -0.494 e. The van der Waals surface area contributed by atoms with Crippen molar-refractivity contribution in [1.82, 2.24) is 9.97 Å². The Labute approximate surface area is 142 Å². The smallest absolute Gasteiger partial charge is 0.323 e. The first-order valence-corrected chi connectivity index (χ1v) is 8.50. The number of imidazole rings is 1. The SMILES string of the molecule is CCOc1ccc(SCC(=O)Nc2ccc3[nH]c(=O)[nH]c3c2)cc1. The predicted octanol–water partition coefficient (Wildman–Crippen LogP) is 2.99. The number of anilines is 1. The van der Waals surface area contributed by atoms with Crippen molar-refractivity contribution in [3.8, 4) is 5.75 Å². The van der Waals surface area contributed by atoms with Gasteiger partial charge in [0.05, 0.1) is 23.4 Å². The molecule has 6 nitrogen and oxygen atoms in total. The average molecular weight is 343 g/mol. The lowest BCUT2D eigenvalue weighted by atomic mass is 10.3. The molecule has 0 unspecified atom stereocenters. The van der Waals surface area contributed by atoms with Gasteiger partial charge in [0, 0.05) is 10.6 Å². The van der Waals surface area contributed by atoms with Crippen molar-refractivity contribution in [3.05, 3.63) is 52.9 Å². The summed E-state index contributed by atoms with van der Waals surface area (Å²) in [6.07, 6.45) is 0. The molecular formula is C17H17N3O3S. The third-order valence-electron chi connectivity index (χ3n) is 3.30. The van der Waals surface area contributed by atoms with Crippen LogP contribution in [-0.2, 0) is 4.79 Å². The van der Waals surface area contributed by atoms with E-state index in [1.54, 1.807) is 18.2 Å². The van der Waals surface area contributed by atoms with Gasteiger partial charge >= 0.3 is 5.69 Å². The molecule has 1 aromatic heterocycles. The predicted molar refractivity (Wildman–Crippen MR) is 95.9 cm³/mol. The number of H-pyrrole nitrogens is 2. The van der Waals surface area contributed by atoms with Crippen LogP contribution in [0.3, 0.4) is 0 Å². The first kappa shape index (κ1) is 16.2. The largest absolute Gasteiger partial charge is 0.494 e. The molecule has 0 bridgehead atoms. The van der Waals surface area contributed by atoms with E-state index in [0.29, 0.717) is 29.1 Å². The number of ether oxygens (including phenoxy) is 1. The van der Waals surface area contributed by atoms with E-state index < -0.39 is 0 Å². The molecule has 0 fully saturated rings. The van der Waals surface area contributed by atoms with Crippen LogP contribution < -0.4 is 15.7 Å². The van der Waals surface area contributed by atoms with Gasteiger partial charge < -0.3 is 20.0 Å². The van der Waals surface area contributed by atoms with Crippen LogP contribution in [0.4, 0.5) is 5.69 Å². The fourth-order valence-corrected chi connectivity index (χ4v) is 2.95. The molecule has 124 valence electrons. The van der Waals surface area contributed by atoms with E-state index in [0.717, 1.165) is 10.6 Å². The first-order valence-electron chi connectivity index (χ1n) is 7.51. The minimum atomic E-state index is -0.264. The molecular weight excluding hydrogens is 326 g/mol. The zero-order valence-corrected chi connectivity index (χ0v) is 13.9. The molecule has 0 saturated heterocycles. The first-order chi connectivity index (χ1) is 11.6. The van der Waals surface area contributed by atoms with Crippen LogP contribution in [0, 0.1) is 0 Å². The fourth-order valence-electron chi connectivity index (χ4n) is 2.26. The Morgan fingerprint density at radius 3 is 2.62 bits per heavy atom. The van der Waals surface area contributed by atoms with Gasteiger partial charge in [-0.25, -0.2) is 4.79 Å². The molecule has 3 aromatic rings. The van der Waals surface area contributed by atoms with Gasteiger partial charge in [0.1, 0.15) is 5.75 Å². The lowest BCUT2D eigenvalue weighted by molar-refractivity contribution is -0.113. The number of hydrogen-bond donors (Lipinski definition) is 3. The van der Waals surface area contributed by atoms with E-state index in [4.69, 9.17) is 4.74 Å². The molecule has 0 radical (unpaired) electrons. The maximum atomic E-state index is 12.1. The molecule has 0 spiro atoms. The van der Waals surface area contributed by atoms with Crippen molar-refractivity contribution in [2.45, 2.75) is 11.8 Å². The normalized spacial score (nSPS) is 10.7. The monoisotopic (exact) mass is 343 g/mol. The summed E-state index contributed by atoms with van der Waals surface area (Å²) in [6, 6.07) is 12.9. The Bertz CT molecular complexity index is 899. The molecule has 0 aliphatic rings. The maximum Gasteiger partial charge on any atom is 0.323 e. The maximum absolute atomic E-state index is 12.1. The molecule has 1 amide bonds. The van der Waals surface area contributed by atoms with Crippen LogP contribution in [0.15, 0.2) is 52.2 Å². The fraction of sp³-hybridized carbons (Fsp3) is 0.176. The van der Waals surface area contributed by atoms with Crippen molar-refractivity contribution >= 4 is 34.4 Å². The summed E-state index contributed by atoms with van der Waals surface area (Å²) in [7, 11) is 0. The van der Waals surface area contributed by atoms with Gasteiger partial charge in [0.15, 0.2) is 0 Å². The van der Waals surface area contributed by atoms with E-state index in [1.165, 1.54) is 11.8 Å². The number of aromatic amines is 2. The number of nitrogens with one attached hydrogen (secondary N) is 3. The summed E-state index contributed by atoms with van der Waals surface area (Å²) in [6.45, 7) is 2.57. The molecule has 0 aliphatic carbocycles. The highest BCUT2D eigenvalue weighted by Crippen LogP contribution is 2.22. The van der Waals surface area contributed by atoms with Crippen molar-refractivity contribution in [3.63, 3.8) is 0 Å². The second-order valence-corrected chi connectivity index (χ2v) is 6.13. The summed E-state index contributed by atoms with van der Waals surface area (Å²) in [5.74, 6) is 1.02. The summed E-state index contributed by atoms with van der Waals surface area (Å²) in [4.78, 5) is 29.6. The lowest BCUT2D eigenvalue weighted by Gasteiger charge is -2.06. The van der Waals surface area contributed by atoms with E-state index in [2.05, 4.69) is 15.3 Å². The Balaban J connectivity index is 1.57. The number of amides is 1. The highest BCUT2D eigenvalue weighted by Gasteiger charge is 2.06. The number of rotatable bonds is 6. The van der Waals surface area contributed by atoms with E-state index >= 15 is 0 Å². The molecule has 0 saturated carbocycles. The van der Waals surface area contributed by atoms with Crippen LogP contribution in [0.2, 0.25) is 0 Å².